The van der Waals surface area contributed by atoms with Gasteiger partial charge in [-0.3, -0.25) is 14.6 Å². The number of anilines is 1. The fourth-order valence-corrected chi connectivity index (χ4v) is 1.85. The molecule has 1 N–H and O–H groups in total. The number of hydrogen-bond donors (Lipinski definition) is 1. The molecule has 4 nitrogen and oxygen atoms in total. The van der Waals surface area contributed by atoms with Crippen LogP contribution < -0.4 is 5.32 Å². The normalized spacial score (nSPS) is 10.0. The standard InChI is InChI=1S/C14H11ClN2O2/c1-9(18)10-4-2-3-5-13(10)17-14(19)11-6-7-16-8-12(11)15/h2-8H,1H3,(H,17,19). The lowest BCUT2D eigenvalue weighted by molar-refractivity contribution is 0.101. The first-order valence-electron chi connectivity index (χ1n) is 5.60. The van der Waals surface area contributed by atoms with Crippen molar-refractivity contribution in [2.75, 3.05) is 5.32 Å². The molecule has 0 fully saturated rings. The van der Waals surface area contributed by atoms with Gasteiger partial charge in [0, 0.05) is 18.0 Å². The zero-order valence-electron chi connectivity index (χ0n) is 10.2. The van der Waals surface area contributed by atoms with Gasteiger partial charge in [-0.2, -0.15) is 0 Å². The Hall–Kier alpha value is -2.20. The molecule has 1 amide bonds. The maximum atomic E-state index is 12.1. The first-order chi connectivity index (χ1) is 9.09. The van der Waals surface area contributed by atoms with Crippen LogP contribution in [-0.2, 0) is 0 Å². The second kappa shape index (κ2) is 5.63. The molecule has 0 aliphatic heterocycles. The Morgan fingerprint density at radius 1 is 1.16 bits per heavy atom. The lowest BCUT2D eigenvalue weighted by Gasteiger charge is -2.09. The van der Waals surface area contributed by atoms with Gasteiger partial charge in [0.1, 0.15) is 0 Å². The number of hydrogen-bond acceptors (Lipinski definition) is 3. The van der Waals surface area contributed by atoms with Gasteiger partial charge in [0.05, 0.1) is 16.3 Å². The lowest BCUT2D eigenvalue weighted by Crippen LogP contribution is -2.14. The minimum absolute atomic E-state index is 0.114. The third-order valence-corrected chi connectivity index (χ3v) is 2.87. The second-order valence-corrected chi connectivity index (χ2v) is 4.32. The van der Waals surface area contributed by atoms with Crippen LogP contribution in [0.1, 0.15) is 27.6 Å². The van der Waals surface area contributed by atoms with Gasteiger partial charge in [-0.25, -0.2) is 0 Å². The molecule has 0 aliphatic carbocycles. The predicted octanol–water partition coefficient (Wildman–Crippen LogP) is 3.19. The average molecular weight is 275 g/mol. The van der Waals surface area contributed by atoms with Gasteiger partial charge in [0.15, 0.2) is 5.78 Å². The van der Waals surface area contributed by atoms with E-state index in [1.807, 2.05) is 0 Å². The number of pyridine rings is 1. The van der Waals surface area contributed by atoms with Gasteiger partial charge in [0.25, 0.3) is 5.91 Å². The SMILES string of the molecule is CC(=O)c1ccccc1NC(=O)c1ccncc1Cl. The van der Waals surface area contributed by atoms with E-state index in [0.29, 0.717) is 16.8 Å². The molecule has 1 heterocycles. The summed E-state index contributed by atoms with van der Waals surface area (Å²) >= 11 is 5.90. The number of rotatable bonds is 3. The smallest absolute Gasteiger partial charge is 0.257 e. The van der Waals surface area contributed by atoms with Gasteiger partial charge in [0.2, 0.25) is 0 Å². The van der Waals surface area contributed by atoms with E-state index in [0.717, 1.165) is 0 Å². The molecule has 96 valence electrons. The molecule has 0 atom stereocenters. The summed E-state index contributed by atoms with van der Waals surface area (Å²) in [7, 11) is 0. The number of nitrogens with one attached hydrogen (secondary N) is 1. The van der Waals surface area contributed by atoms with Crippen molar-refractivity contribution >= 4 is 29.0 Å². The summed E-state index contributed by atoms with van der Waals surface area (Å²) < 4.78 is 0. The van der Waals surface area contributed by atoms with E-state index in [2.05, 4.69) is 10.3 Å². The van der Waals surface area contributed by atoms with Gasteiger partial charge < -0.3 is 5.32 Å². The van der Waals surface area contributed by atoms with Crippen molar-refractivity contribution in [1.82, 2.24) is 4.98 Å². The Balaban J connectivity index is 2.30. The Bertz CT molecular complexity index is 641. The zero-order valence-corrected chi connectivity index (χ0v) is 10.9. The van der Waals surface area contributed by atoms with E-state index < -0.39 is 0 Å². The largest absolute Gasteiger partial charge is 0.321 e. The highest BCUT2D eigenvalue weighted by atomic mass is 35.5. The minimum atomic E-state index is -0.374. The summed E-state index contributed by atoms with van der Waals surface area (Å²) in [5, 5.41) is 2.94. The summed E-state index contributed by atoms with van der Waals surface area (Å²) in [5.41, 5.74) is 1.24. The summed E-state index contributed by atoms with van der Waals surface area (Å²) in [6, 6.07) is 8.34. The third-order valence-electron chi connectivity index (χ3n) is 2.57. The molecule has 19 heavy (non-hydrogen) atoms. The summed E-state index contributed by atoms with van der Waals surface area (Å²) in [6.07, 6.45) is 2.88. The highest BCUT2D eigenvalue weighted by molar-refractivity contribution is 6.34. The van der Waals surface area contributed by atoms with Gasteiger partial charge in [-0.05, 0) is 25.1 Å². The van der Waals surface area contributed by atoms with Crippen LogP contribution in [-0.4, -0.2) is 16.7 Å². The van der Waals surface area contributed by atoms with E-state index >= 15 is 0 Å². The van der Waals surface area contributed by atoms with Crippen molar-refractivity contribution in [2.24, 2.45) is 0 Å². The number of aromatic nitrogens is 1. The maximum Gasteiger partial charge on any atom is 0.257 e. The van der Waals surface area contributed by atoms with E-state index in [9.17, 15) is 9.59 Å². The molecule has 0 bridgehead atoms. The number of para-hydroxylation sites is 1. The molecule has 0 saturated heterocycles. The molecule has 0 spiro atoms. The number of benzene rings is 1. The van der Waals surface area contributed by atoms with Gasteiger partial charge >= 0.3 is 0 Å². The van der Waals surface area contributed by atoms with Crippen molar-refractivity contribution in [3.8, 4) is 0 Å². The van der Waals surface area contributed by atoms with Crippen LogP contribution in [0.5, 0.6) is 0 Å². The predicted molar refractivity (Wildman–Crippen MR) is 73.6 cm³/mol. The van der Waals surface area contributed by atoms with Crippen LogP contribution in [0.2, 0.25) is 5.02 Å². The fourth-order valence-electron chi connectivity index (χ4n) is 1.65. The summed E-state index contributed by atoms with van der Waals surface area (Å²) in [4.78, 5) is 27.4. The molecule has 0 aliphatic rings. The third kappa shape index (κ3) is 2.98. The molecule has 0 saturated carbocycles. The van der Waals surface area contributed by atoms with E-state index in [4.69, 9.17) is 11.6 Å². The van der Waals surface area contributed by atoms with Crippen LogP contribution >= 0.6 is 11.6 Å². The monoisotopic (exact) mass is 274 g/mol. The van der Waals surface area contributed by atoms with Gasteiger partial charge in [-0.1, -0.05) is 23.7 Å². The Labute approximate surface area is 115 Å². The van der Waals surface area contributed by atoms with E-state index in [-0.39, 0.29) is 16.7 Å². The average Bonchev–Trinajstić information content (AvgIpc) is 2.39. The quantitative estimate of drug-likeness (QED) is 0.875. The zero-order chi connectivity index (χ0) is 13.8. The Kier molecular flexibility index (Phi) is 3.92. The van der Waals surface area contributed by atoms with Crippen LogP contribution in [0.3, 0.4) is 0 Å². The van der Waals surface area contributed by atoms with Crippen molar-refractivity contribution in [3.63, 3.8) is 0 Å². The molecular formula is C14H11ClN2O2. The van der Waals surface area contributed by atoms with Crippen LogP contribution in [0, 0.1) is 0 Å². The lowest BCUT2D eigenvalue weighted by atomic mass is 10.1. The number of nitrogens with zero attached hydrogens (tertiary/aromatic N) is 1. The molecule has 2 aromatic rings. The Morgan fingerprint density at radius 3 is 2.58 bits per heavy atom. The summed E-state index contributed by atoms with van der Waals surface area (Å²) in [5.74, 6) is -0.488. The number of ketones is 1. The molecule has 0 unspecified atom stereocenters. The first kappa shape index (κ1) is 13.2. The molecule has 5 heteroatoms. The highest BCUT2D eigenvalue weighted by Crippen LogP contribution is 2.19. The molecular weight excluding hydrogens is 264 g/mol. The van der Waals surface area contributed by atoms with Crippen LogP contribution in [0.15, 0.2) is 42.7 Å². The van der Waals surface area contributed by atoms with E-state index in [1.54, 1.807) is 24.3 Å². The van der Waals surface area contributed by atoms with Crippen molar-refractivity contribution in [1.29, 1.82) is 0 Å². The van der Waals surface area contributed by atoms with Crippen LogP contribution in [0.4, 0.5) is 5.69 Å². The molecule has 1 aromatic carbocycles. The second-order valence-electron chi connectivity index (χ2n) is 3.91. The maximum absolute atomic E-state index is 12.1. The van der Waals surface area contributed by atoms with E-state index in [1.165, 1.54) is 25.4 Å². The molecule has 2 rings (SSSR count). The topological polar surface area (TPSA) is 59.1 Å². The first-order valence-corrected chi connectivity index (χ1v) is 5.98. The number of carbonyl (C=O) groups excluding carboxylic acids is 2. The number of Topliss-reactive ketones (excluding diaryl/α,β-unsaturated/α-hetero) is 1. The number of amides is 1. The van der Waals surface area contributed by atoms with Crippen molar-refractivity contribution in [3.05, 3.63) is 58.9 Å². The number of carbonyl (C=O) groups is 2. The Morgan fingerprint density at radius 2 is 1.89 bits per heavy atom. The fraction of sp³-hybridized carbons (Fsp3) is 0.0714. The number of halogens is 1. The van der Waals surface area contributed by atoms with Crippen molar-refractivity contribution < 1.29 is 9.59 Å². The summed E-state index contributed by atoms with van der Waals surface area (Å²) in [6.45, 7) is 1.45. The highest BCUT2D eigenvalue weighted by Gasteiger charge is 2.13. The minimum Gasteiger partial charge on any atom is -0.321 e. The van der Waals surface area contributed by atoms with Crippen LogP contribution in [0.25, 0.3) is 0 Å². The van der Waals surface area contributed by atoms with Crippen molar-refractivity contribution in [2.45, 2.75) is 6.92 Å². The molecule has 0 radical (unpaired) electrons. The molecule has 1 aromatic heterocycles. The van der Waals surface area contributed by atoms with Gasteiger partial charge in [-0.15, -0.1) is 0 Å².